The number of ketones is 1. The number of methoxy groups -OCH3 is 1. The van der Waals surface area contributed by atoms with Crippen molar-refractivity contribution in [3.8, 4) is 0 Å². The normalized spacial score (nSPS) is 43.4. The molecule has 0 heterocycles. The van der Waals surface area contributed by atoms with Crippen molar-refractivity contribution in [1.29, 1.82) is 0 Å². The van der Waals surface area contributed by atoms with Crippen molar-refractivity contribution >= 4 is 11.8 Å². The summed E-state index contributed by atoms with van der Waals surface area (Å²) in [6.45, 7) is 7.39. The predicted molar refractivity (Wildman–Crippen MR) is 111 cm³/mol. The van der Waals surface area contributed by atoms with Gasteiger partial charge in [-0.05, 0) is 85.4 Å². The molecule has 0 saturated heterocycles. The largest absolute Gasteiger partial charge is 0.469 e. The number of Topliss-reactive ketones (excluding diaryl/α,β-unsaturated/α-hetero) is 1. The molecule has 4 aliphatic carbocycles. The van der Waals surface area contributed by atoms with E-state index in [0.29, 0.717) is 23.5 Å². The highest BCUT2D eigenvalue weighted by atomic mass is 16.5. The van der Waals surface area contributed by atoms with Gasteiger partial charge in [-0.2, -0.15) is 0 Å². The number of carbonyl (C=O) groups is 2. The number of hydrogen-bond donors (Lipinski definition) is 0. The zero-order valence-corrected chi connectivity index (χ0v) is 18.3. The molecular weight excluding hydrogens is 348 g/mol. The summed E-state index contributed by atoms with van der Waals surface area (Å²) >= 11 is 0. The fourth-order valence-electron chi connectivity index (χ4n) is 8.10. The molecule has 0 bridgehead atoms. The molecule has 0 amide bonds. The van der Waals surface area contributed by atoms with Crippen LogP contribution in [0.15, 0.2) is 11.6 Å². The molecule has 0 aliphatic heterocycles. The van der Waals surface area contributed by atoms with E-state index in [2.05, 4.69) is 26.8 Å². The third-order valence-electron chi connectivity index (χ3n) is 9.73. The van der Waals surface area contributed by atoms with E-state index in [1.807, 2.05) is 0 Å². The van der Waals surface area contributed by atoms with E-state index in [1.165, 1.54) is 44.8 Å². The topological polar surface area (TPSA) is 43.4 Å². The van der Waals surface area contributed by atoms with Crippen molar-refractivity contribution in [2.45, 2.75) is 85.0 Å². The third kappa shape index (κ3) is 3.08. The summed E-state index contributed by atoms with van der Waals surface area (Å²) < 4.78 is 4.87. The standard InChI is InChI=1S/C25H38O3/c1-16(5-10-23(27)28-4)20-8-9-21-19-7-6-17-15-18(26)11-13-24(17,2)22(19)12-14-25(20,21)3/h6,16,19-22H,5,7-15H2,1-4H3/t16-,19+,20-,21+,22+,24+,25-/m1/s1. The first-order chi connectivity index (χ1) is 13.3. The second kappa shape index (κ2) is 7.29. The minimum atomic E-state index is -0.0695. The molecule has 3 saturated carbocycles. The first-order valence-corrected chi connectivity index (χ1v) is 11.6. The van der Waals surface area contributed by atoms with Crippen LogP contribution in [0.2, 0.25) is 0 Å². The van der Waals surface area contributed by atoms with E-state index in [-0.39, 0.29) is 11.4 Å². The zero-order chi connectivity index (χ0) is 20.1. The van der Waals surface area contributed by atoms with Crippen LogP contribution < -0.4 is 0 Å². The van der Waals surface area contributed by atoms with Gasteiger partial charge in [0.2, 0.25) is 0 Å². The molecule has 0 radical (unpaired) electrons. The van der Waals surface area contributed by atoms with Crippen molar-refractivity contribution in [2.75, 3.05) is 7.11 Å². The summed E-state index contributed by atoms with van der Waals surface area (Å²) in [5.74, 6) is 4.06. The fraction of sp³-hybridized carbons (Fsp3) is 0.840. The summed E-state index contributed by atoms with van der Waals surface area (Å²) in [5.41, 5.74) is 2.16. The quantitative estimate of drug-likeness (QED) is 0.458. The lowest BCUT2D eigenvalue weighted by Gasteiger charge is -2.58. The molecule has 0 N–H and O–H groups in total. The summed E-state index contributed by atoms with van der Waals surface area (Å²) in [6.07, 6.45) is 13.0. The van der Waals surface area contributed by atoms with E-state index >= 15 is 0 Å². The van der Waals surface area contributed by atoms with E-state index in [9.17, 15) is 9.59 Å². The van der Waals surface area contributed by atoms with Gasteiger partial charge in [-0.3, -0.25) is 9.59 Å². The van der Waals surface area contributed by atoms with Gasteiger partial charge in [-0.15, -0.1) is 0 Å². The Balaban J connectivity index is 1.52. The Kier molecular flexibility index (Phi) is 5.25. The smallest absolute Gasteiger partial charge is 0.305 e. The second-order valence-corrected chi connectivity index (χ2v) is 10.8. The van der Waals surface area contributed by atoms with Gasteiger partial charge in [0.1, 0.15) is 5.78 Å². The average molecular weight is 387 g/mol. The van der Waals surface area contributed by atoms with Gasteiger partial charge in [-0.1, -0.05) is 32.4 Å². The summed E-state index contributed by atoms with van der Waals surface area (Å²) in [7, 11) is 1.49. The van der Waals surface area contributed by atoms with Gasteiger partial charge >= 0.3 is 5.97 Å². The van der Waals surface area contributed by atoms with Crippen LogP contribution in [0.4, 0.5) is 0 Å². The highest BCUT2D eigenvalue weighted by Gasteiger charge is 2.59. The Hall–Kier alpha value is -1.12. The average Bonchev–Trinajstić information content (AvgIpc) is 3.03. The molecule has 3 heteroatoms. The van der Waals surface area contributed by atoms with Gasteiger partial charge in [-0.25, -0.2) is 0 Å². The monoisotopic (exact) mass is 386 g/mol. The molecule has 7 atom stereocenters. The minimum absolute atomic E-state index is 0.0695. The molecule has 0 unspecified atom stereocenters. The molecule has 4 rings (SSSR count). The number of hydrogen-bond acceptors (Lipinski definition) is 3. The summed E-state index contributed by atoms with van der Waals surface area (Å²) in [6, 6.07) is 0. The van der Waals surface area contributed by atoms with Crippen molar-refractivity contribution < 1.29 is 14.3 Å². The summed E-state index contributed by atoms with van der Waals surface area (Å²) in [4.78, 5) is 23.7. The van der Waals surface area contributed by atoms with Crippen molar-refractivity contribution in [1.82, 2.24) is 0 Å². The highest BCUT2D eigenvalue weighted by molar-refractivity contribution is 5.82. The van der Waals surface area contributed by atoms with Gasteiger partial charge in [0, 0.05) is 19.3 Å². The Morgan fingerprint density at radius 3 is 2.75 bits per heavy atom. The van der Waals surface area contributed by atoms with Crippen molar-refractivity contribution in [3.63, 3.8) is 0 Å². The fourth-order valence-corrected chi connectivity index (χ4v) is 8.10. The lowest BCUT2D eigenvalue weighted by atomic mass is 9.47. The predicted octanol–water partition coefficient (Wildman–Crippen LogP) is 5.72. The Bertz CT molecular complexity index is 679. The van der Waals surface area contributed by atoms with Crippen molar-refractivity contribution in [2.24, 2.45) is 40.4 Å². The third-order valence-corrected chi connectivity index (χ3v) is 9.73. The van der Waals surface area contributed by atoms with Crippen molar-refractivity contribution in [3.05, 3.63) is 11.6 Å². The molecule has 156 valence electrons. The maximum atomic E-state index is 12.0. The molecule has 0 aromatic rings. The van der Waals surface area contributed by atoms with Crippen LogP contribution >= 0.6 is 0 Å². The minimum Gasteiger partial charge on any atom is -0.469 e. The Morgan fingerprint density at radius 2 is 2.00 bits per heavy atom. The van der Waals surface area contributed by atoms with Gasteiger partial charge < -0.3 is 4.74 Å². The lowest BCUT2D eigenvalue weighted by molar-refractivity contribution is -0.141. The molecule has 0 aromatic carbocycles. The van der Waals surface area contributed by atoms with Crippen LogP contribution in [-0.2, 0) is 14.3 Å². The zero-order valence-electron chi connectivity index (χ0n) is 18.3. The van der Waals surface area contributed by atoms with Crippen LogP contribution in [0.1, 0.15) is 85.0 Å². The Morgan fingerprint density at radius 1 is 1.21 bits per heavy atom. The molecule has 3 nitrogen and oxygen atoms in total. The van der Waals surface area contributed by atoms with Crippen LogP contribution in [0, 0.1) is 40.4 Å². The first kappa shape index (κ1) is 20.2. The van der Waals surface area contributed by atoms with E-state index in [1.54, 1.807) is 0 Å². The number of esters is 1. The molecule has 4 aliphatic rings. The van der Waals surface area contributed by atoms with E-state index in [0.717, 1.165) is 49.4 Å². The number of ether oxygens (including phenoxy) is 1. The number of rotatable bonds is 4. The Labute approximate surface area is 170 Å². The van der Waals surface area contributed by atoms with Crippen LogP contribution in [0.3, 0.4) is 0 Å². The number of fused-ring (bicyclic) bond motifs is 5. The maximum Gasteiger partial charge on any atom is 0.305 e. The highest BCUT2D eigenvalue weighted by Crippen LogP contribution is 2.67. The first-order valence-electron chi connectivity index (χ1n) is 11.6. The van der Waals surface area contributed by atoms with Crippen LogP contribution in [-0.4, -0.2) is 18.9 Å². The SMILES string of the molecule is COC(=O)CC[C@@H](C)[C@H]1CC[C@H]2[C@@H]3CC=C4CC(=O)CC[C@]4(C)[C@H]3CC[C@]12C. The van der Waals surface area contributed by atoms with E-state index in [4.69, 9.17) is 4.74 Å². The molecule has 3 fully saturated rings. The lowest BCUT2D eigenvalue weighted by Crippen LogP contribution is -2.50. The van der Waals surface area contributed by atoms with Gasteiger partial charge in [0.05, 0.1) is 7.11 Å². The van der Waals surface area contributed by atoms with Gasteiger partial charge in [0.25, 0.3) is 0 Å². The second-order valence-electron chi connectivity index (χ2n) is 10.8. The molecule has 28 heavy (non-hydrogen) atoms. The maximum absolute atomic E-state index is 12.0. The number of carbonyl (C=O) groups excluding carboxylic acids is 2. The van der Waals surface area contributed by atoms with Crippen LogP contribution in [0.5, 0.6) is 0 Å². The molecular formula is C25H38O3. The van der Waals surface area contributed by atoms with Crippen LogP contribution in [0.25, 0.3) is 0 Å². The number of allylic oxidation sites excluding steroid dienone is 2. The summed E-state index contributed by atoms with van der Waals surface area (Å²) in [5, 5.41) is 0. The molecule has 0 spiro atoms. The van der Waals surface area contributed by atoms with Gasteiger partial charge in [0.15, 0.2) is 0 Å². The van der Waals surface area contributed by atoms with E-state index < -0.39 is 0 Å². The molecule has 0 aromatic heterocycles.